The fourth-order valence-electron chi connectivity index (χ4n) is 3.83. The van der Waals surface area contributed by atoms with E-state index in [1.54, 1.807) is 11.3 Å². The normalized spacial score (nSPS) is 23.5. The molecule has 2 aliphatic rings. The second kappa shape index (κ2) is 8.00. The van der Waals surface area contributed by atoms with E-state index in [1.165, 1.54) is 4.88 Å². The quantitative estimate of drug-likeness (QED) is 0.855. The number of para-hydroxylation sites is 1. The molecule has 0 aliphatic carbocycles. The third-order valence-electron chi connectivity index (χ3n) is 5.60. The lowest BCUT2D eigenvalue weighted by Crippen LogP contribution is -2.43. The van der Waals surface area contributed by atoms with E-state index in [2.05, 4.69) is 47.6 Å². The molecule has 1 N–H and O–H groups in total. The van der Waals surface area contributed by atoms with Crippen molar-refractivity contribution in [2.45, 2.75) is 31.9 Å². The van der Waals surface area contributed by atoms with Crippen molar-refractivity contribution in [2.24, 2.45) is 0 Å². The zero-order chi connectivity index (χ0) is 18.8. The molecule has 0 bridgehead atoms. The Morgan fingerprint density at radius 3 is 2.81 bits per heavy atom. The number of hydrogen-bond acceptors (Lipinski definition) is 5. The van der Waals surface area contributed by atoms with Crippen LogP contribution in [0.4, 0.5) is 0 Å². The van der Waals surface area contributed by atoms with E-state index in [0.717, 1.165) is 37.6 Å². The summed E-state index contributed by atoms with van der Waals surface area (Å²) in [5.41, 5.74) is 1.76. The van der Waals surface area contributed by atoms with Crippen molar-refractivity contribution < 1.29 is 14.3 Å². The van der Waals surface area contributed by atoms with Crippen LogP contribution in [0.15, 0.2) is 35.7 Å². The smallest absolute Gasteiger partial charge is 0.255 e. The first-order valence-corrected chi connectivity index (χ1v) is 10.5. The van der Waals surface area contributed by atoms with Crippen molar-refractivity contribution in [1.29, 1.82) is 0 Å². The molecule has 1 aromatic heterocycles. The molecule has 4 rings (SSSR count). The number of thiophene rings is 1. The molecule has 2 aromatic rings. The molecule has 0 radical (unpaired) electrons. The van der Waals surface area contributed by atoms with Gasteiger partial charge >= 0.3 is 0 Å². The Balaban J connectivity index is 1.49. The fraction of sp³-hybridized carbons (Fsp3) is 0.476. The van der Waals surface area contributed by atoms with Gasteiger partial charge in [-0.3, -0.25) is 9.69 Å². The molecule has 3 unspecified atom stereocenters. The predicted molar refractivity (Wildman–Crippen MR) is 107 cm³/mol. The van der Waals surface area contributed by atoms with Gasteiger partial charge in [0.15, 0.2) is 0 Å². The van der Waals surface area contributed by atoms with E-state index < -0.39 is 0 Å². The van der Waals surface area contributed by atoms with Crippen LogP contribution in [-0.4, -0.2) is 49.8 Å². The van der Waals surface area contributed by atoms with Crippen LogP contribution in [0.25, 0.3) is 0 Å². The van der Waals surface area contributed by atoms with Crippen LogP contribution in [-0.2, 0) is 4.74 Å². The Hall–Kier alpha value is -1.89. The van der Waals surface area contributed by atoms with E-state index in [-0.39, 0.29) is 18.1 Å². The minimum Gasteiger partial charge on any atom is -0.489 e. The highest BCUT2D eigenvalue weighted by Gasteiger charge is 2.31. The van der Waals surface area contributed by atoms with Gasteiger partial charge in [0.25, 0.3) is 5.91 Å². The average Bonchev–Trinajstić information content (AvgIpc) is 3.32. The number of fused-ring (bicyclic) bond motifs is 1. The maximum absolute atomic E-state index is 12.9. The first kappa shape index (κ1) is 18.5. The van der Waals surface area contributed by atoms with Gasteiger partial charge in [0.1, 0.15) is 11.9 Å². The van der Waals surface area contributed by atoms with Gasteiger partial charge in [-0.25, -0.2) is 0 Å². The van der Waals surface area contributed by atoms with Gasteiger partial charge in [-0.05, 0) is 24.4 Å². The monoisotopic (exact) mass is 386 g/mol. The van der Waals surface area contributed by atoms with E-state index in [9.17, 15) is 4.79 Å². The molecule has 1 saturated heterocycles. The second-order valence-corrected chi connectivity index (χ2v) is 8.20. The lowest BCUT2D eigenvalue weighted by molar-refractivity contribution is 0.0169. The Bertz CT molecular complexity index is 787. The van der Waals surface area contributed by atoms with Crippen LogP contribution in [0.2, 0.25) is 0 Å². The summed E-state index contributed by atoms with van der Waals surface area (Å²) in [6.07, 6.45) is 0.0983. The molecule has 1 fully saturated rings. The number of carbonyl (C=O) groups is 1. The lowest BCUT2D eigenvalue weighted by Gasteiger charge is -2.34. The van der Waals surface area contributed by atoms with Gasteiger partial charge in [0, 0.05) is 36.0 Å². The number of nitrogens with zero attached hydrogens (tertiary/aromatic N) is 1. The summed E-state index contributed by atoms with van der Waals surface area (Å²) in [7, 11) is 0. The molecule has 1 aromatic carbocycles. The number of amides is 1. The van der Waals surface area contributed by atoms with Gasteiger partial charge in [-0.1, -0.05) is 25.1 Å². The zero-order valence-electron chi connectivity index (χ0n) is 15.8. The van der Waals surface area contributed by atoms with Crippen molar-refractivity contribution in [1.82, 2.24) is 10.2 Å². The topological polar surface area (TPSA) is 50.8 Å². The molecule has 0 spiro atoms. The first-order valence-electron chi connectivity index (χ1n) is 9.58. The van der Waals surface area contributed by atoms with E-state index >= 15 is 0 Å². The highest BCUT2D eigenvalue weighted by molar-refractivity contribution is 7.10. The number of rotatable bonds is 5. The molecule has 3 atom stereocenters. The van der Waals surface area contributed by atoms with Crippen LogP contribution in [0.5, 0.6) is 5.75 Å². The Kier molecular flexibility index (Phi) is 5.48. The third-order valence-corrected chi connectivity index (χ3v) is 6.58. The highest BCUT2D eigenvalue weighted by atomic mass is 32.1. The summed E-state index contributed by atoms with van der Waals surface area (Å²) in [6.45, 7) is 8.03. The van der Waals surface area contributed by atoms with Crippen LogP contribution in [0.3, 0.4) is 0 Å². The summed E-state index contributed by atoms with van der Waals surface area (Å²) in [5.74, 6) is 0.983. The molecular formula is C21H26N2O3S. The molecule has 2 aliphatic heterocycles. The zero-order valence-corrected chi connectivity index (χ0v) is 16.6. The largest absolute Gasteiger partial charge is 0.489 e. The van der Waals surface area contributed by atoms with Crippen molar-refractivity contribution in [2.75, 3.05) is 32.8 Å². The molecule has 0 saturated carbocycles. The van der Waals surface area contributed by atoms with E-state index in [1.807, 2.05) is 12.1 Å². The number of ether oxygens (including phenoxy) is 2. The van der Waals surface area contributed by atoms with Gasteiger partial charge in [-0.2, -0.15) is 0 Å². The number of nitrogens with one attached hydrogen (secondary N) is 1. The van der Waals surface area contributed by atoms with Crippen molar-refractivity contribution in [3.05, 3.63) is 51.7 Å². The van der Waals surface area contributed by atoms with Crippen LogP contribution < -0.4 is 10.1 Å². The number of carbonyl (C=O) groups excluding carboxylic acids is 1. The molecule has 27 heavy (non-hydrogen) atoms. The number of benzene rings is 1. The molecule has 1 amide bonds. The summed E-state index contributed by atoms with van der Waals surface area (Å²) in [5, 5.41) is 5.24. The van der Waals surface area contributed by atoms with Gasteiger partial charge < -0.3 is 14.8 Å². The molecule has 6 heteroatoms. The number of hydrogen-bond donors (Lipinski definition) is 1. The maximum atomic E-state index is 12.9. The summed E-state index contributed by atoms with van der Waals surface area (Å²) < 4.78 is 11.5. The Labute approximate surface area is 164 Å². The standard InChI is InChI=1S/C21H26N2O3S/c1-14-15(2)26-20-16(14)5-3-6-17(20)21(24)22-13-18(19-7-4-12-27-19)23-8-10-25-11-9-23/h3-7,12,14-15,18H,8-11,13H2,1-2H3,(H,22,24). The SMILES string of the molecule is CC1Oc2c(C(=O)NCC(c3cccs3)N3CCOCC3)cccc2C1C. The van der Waals surface area contributed by atoms with Crippen LogP contribution in [0, 0.1) is 0 Å². The van der Waals surface area contributed by atoms with Crippen molar-refractivity contribution in [3.63, 3.8) is 0 Å². The third kappa shape index (κ3) is 3.74. The number of morpholine rings is 1. The van der Waals surface area contributed by atoms with Gasteiger partial charge in [-0.15, -0.1) is 11.3 Å². The lowest BCUT2D eigenvalue weighted by atomic mass is 9.97. The minimum atomic E-state index is -0.0667. The predicted octanol–water partition coefficient (Wildman–Crippen LogP) is 3.44. The molecule has 5 nitrogen and oxygen atoms in total. The van der Waals surface area contributed by atoms with Crippen molar-refractivity contribution in [3.8, 4) is 5.75 Å². The Morgan fingerprint density at radius 2 is 2.07 bits per heavy atom. The molecule has 3 heterocycles. The molecular weight excluding hydrogens is 360 g/mol. The highest BCUT2D eigenvalue weighted by Crippen LogP contribution is 2.40. The summed E-state index contributed by atoms with van der Waals surface area (Å²) >= 11 is 1.73. The van der Waals surface area contributed by atoms with Crippen LogP contribution in [0.1, 0.15) is 46.6 Å². The Morgan fingerprint density at radius 1 is 1.26 bits per heavy atom. The van der Waals surface area contributed by atoms with Gasteiger partial charge in [0.05, 0.1) is 24.8 Å². The summed E-state index contributed by atoms with van der Waals surface area (Å²) in [6, 6.07) is 10.2. The van der Waals surface area contributed by atoms with E-state index in [4.69, 9.17) is 9.47 Å². The fourth-order valence-corrected chi connectivity index (χ4v) is 4.69. The first-order chi connectivity index (χ1) is 13.1. The average molecular weight is 387 g/mol. The minimum absolute atomic E-state index is 0.0667. The summed E-state index contributed by atoms with van der Waals surface area (Å²) in [4.78, 5) is 16.6. The molecule has 144 valence electrons. The van der Waals surface area contributed by atoms with E-state index in [0.29, 0.717) is 18.0 Å². The van der Waals surface area contributed by atoms with Crippen molar-refractivity contribution >= 4 is 17.2 Å². The van der Waals surface area contributed by atoms with Gasteiger partial charge in [0.2, 0.25) is 0 Å². The maximum Gasteiger partial charge on any atom is 0.255 e. The van der Waals surface area contributed by atoms with Crippen LogP contribution >= 0.6 is 11.3 Å². The second-order valence-electron chi connectivity index (χ2n) is 7.23.